The monoisotopic (exact) mass is 413 g/mol. The number of carbonyl (C=O) groups excluding carboxylic acids is 1. The highest BCUT2D eigenvalue weighted by Crippen LogP contribution is 2.12. The Hall–Kier alpha value is -1.30. The van der Waals surface area contributed by atoms with Crippen molar-refractivity contribution in [1.82, 2.24) is 37.2 Å². The van der Waals surface area contributed by atoms with Gasteiger partial charge in [-0.2, -0.15) is 0 Å². The van der Waals surface area contributed by atoms with E-state index in [1.807, 2.05) is 0 Å². The first kappa shape index (κ1) is 24.0. The average Bonchev–Trinajstić information content (AvgIpc) is 2.68. The Morgan fingerprint density at radius 3 is 1.79 bits per heavy atom. The van der Waals surface area contributed by atoms with Crippen LogP contribution in [0.15, 0.2) is 0 Å². The van der Waals surface area contributed by atoms with Gasteiger partial charge in [0.25, 0.3) is 0 Å². The van der Waals surface area contributed by atoms with Crippen molar-refractivity contribution in [3.63, 3.8) is 0 Å². The number of hydrogen-bond acceptors (Lipinski definition) is 8. The van der Waals surface area contributed by atoms with Crippen LogP contribution in [-0.4, -0.2) is 94.6 Å². The van der Waals surface area contributed by atoms with Crippen molar-refractivity contribution >= 4 is 11.9 Å². The second-order valence-corrected chi connectivity index (χ2v) is 8.50. The van der Waals surface area contributed by atoms with Gasteiger partial charge in [0.15, 0.2) is 0 Å². The van der Waals surface area contributed by atoms with Crippen LogP contribution in [0, 0.1) is 5.41 Å². The van der Waals surface area contributed by atoms with Gasteiger partial charge in [0.1, 0.15) is 5.66 Å². The molecule has 168 valence electrons. The molecule has 2 saturated heterocycles. The van der Waals surface area contributed by atoms with Crippen LogP contribution < -0.4 is 37.2 Å². The number of nitrogens with one attached hydrogen (secondary N) is 7. The maximum Gasteiger partial charge on any atom is 0.303 e. The summed E-state index contributed by atoms with van der Waals surface area (Å²) in [7, 11) is 0. The summed E-state index contributed by atoms with van der Waals surface area (Å²) in [4.78, 5) is 23.2. The van der Waals surface area contributed by atoms with Crippen LogP contribution >= 0.6 is 0 Å². The van der Waals surface area contributed by atoms with E-state index in [4.69, 9.17) is 5.11 Å². The third kappa shape index (κ3) is 9.37. The van der Waals surface area contributed by atoms with Crippen molar-refractivity contribution in [2.45, 2.75) is 31.8 Å². The van der Waals surface area contributed by atoms with Crippen molar-refractivity contribution in [2.24, 2.45) is 5.41 Å². The second-order valence-electron chi connectivity index (χ2n) is 8.50. The lowest BCUT2D eigenvalue weighted by atomic mass is 9.90. The Morgan fingerprint density at radius 2 is 1.28 bits per heavy atom. The van der Waals surface area contributed by atoms with Gasteiger partial charge in [-0.1, -0.05) is 6.92 Å². The first-order valence-corrected chi connectivity index (χ1v) is 10.7. The van der Waals surface area contributed by atoms with Gasteiger partial charge < -0.3 is 37.0 Å². The highest BCUT2D eigenvalue weighted by molar-refractivity contribution is 5.77. The number of carboxylic acid groups (broad SMARTS) is 1. The van der Waals surface area contributed by atoms with E-state index >= 15 is 0 Å². The fourth-order valence-corrected chi connectivity index (χ4v) is 3.75. The van der Waals surface area contributed by atoms with Crippen molar-refractivity contribution in [2.75, 3.05) is 72.0 Å². The largest absolute Gasteiger partial charge is 0.481 e. The molecule has 10 heteroatoms. The molecule has 2 bridgehead atoms. The fourth-order valence-electron chi connectivity index (χ4n) is 3.75. The molecule has 0 atom stereocenters. The molecule has 0 spiro atoms. The Balaban J connectivity index is 2.07. The molecule has 1 amide bonds. The normalized spacial score (nSPS) is 30.4. The Bertz CT molecular complexity index is 502. The molecule has 0 aromatic rings. The third-order valence-electron chi connectivity index (χ3n) is 5.40. The van der Waals surface area contributed by atoms with Gasteiger partial charge >= 0.3 is 5.97 Å². The zero-order chi connectivity index (χ0) is 21.0. The van der Waals surface area contributed by atoms with E-state index in [1.165, 1.54) is 0 Å². The molecule has 8 N–H and O–H groups in total. The van der Waals surface area contributed by atoms with Gasteiger partial charge in [-0.05, 0) is 6.42 Å². The summed E-state index contributed by atoms with van der Waals surface area (Å²) in [5.74, 6) is -1.01. The number of hydrogen-bond donors (Lipinski definition) is 8. The minimum atomic E-state index is -0.875. The molecule has 2 fully saturated rings. The van der Waals surface area contributed by atoms with E-state index in [-0.39, 0.29) is 24.2 Å². The number of carbonyl (C=O) groups is 2. The van der Waals surface area contributed by atoms with Crippen LogP contribution in [-0.2, 0) is 9.59 Å². The SMILES string of the molecule is CC12CNCCNCC(NC(=O)CCCC(=O)O)(CNCCNC1)NCCNC2. The molecular weight excluding hydrogens is 374 g/mol. The van der Waals surface area contributed by atoms with Gasteiger partial charge in [-0.15, -0.1) is 0 Å². The maximum absolute atomic E-state index is 12.5. The number of carboxylic acids is 1. The molecule has 2 rings (SSSR count). The number of fused-ring (bicyclic) bond motifs is 6. The predicted molar refractivity (Wildman–Crippen MR) is 113 cm³/mol. The minimum absolute atomic E-state index is 0.00434. The molecule has 2 aliphatic rings. The number of amides is 1. The van der Waals surface area contributed by atoms with E-state index in [0.717, 1.165) is 58.9 Å². The standard InChI is InChI=1S/C19H39N7O3/c1-18-11-20-5-7-23-14-19(25-10-9-22-13-18,15-24-8-6-21-12-18)26-16(27)3-2-4-17(28)29/h20-25H,2-15H2,1H3,(H,26,27)(H,28,29). The number of aliphatic carboxylic acids is 1. The van der Waals surface area contributed by atoms with Crippen LogP contribution in [0.1, 0.15) is 26.2 Å². The van der Waals surface area contributed by atoms with Gasteiger partial charge in [0.2, 0.25) is 5.91 Å². The van der Waals surface area contributed by atoms with Gasteiger partial charge in [-0.25, -0.2) is 0 Å². The summed E-state index contributed by atoms with van der Waals surface area (Å²) < 4.78 is 0. The highest BCUT2D eigenvalue weighted by atomic mass is 16.4. The fraction of sp³-hybridized carbons (Fsp3) is 0.895. The molecule has 0 aliphatic carbocycles. The summed E-state index contributed by atoms with van der Waals surface area (Å²) >= 11 is 0. The smallest absolute Gasteiger partial charge is 0.303 e. The molecule has 0 unspecified atom stereocenters. The van der Waals surface area contributed by atoms with Gasteiger partial charge in [0.05, 0.1) is 0 Å². The van der Waals surface area contributed by atoms with Crippen molar-refractivity contribution in [3.8, 4) is 0 Å². The second kappa shape index (κ2) is 12.4. The molecule has 29 heavy (non-hydrogen) atoms. The Kier molecular flexibility index (Phi) is 10.3. The van der Waals surface area contributed by atoms with E-state index in [9.17, 15) is 9.59 Å². The molecule has 0 radical (unpaired) electrons. The highest BCUT2D eigenvalue weighted by Gasteiger charge is 2.31. The Morgan fingerprint density at radius 1 is 0.793 bits per heavy atom. The molecule has 2 heterocycles. The summed E-state index contributed by atoms with van der Waals surface area (Å²) in [6.07, 6.45) is 0.548. The van der Waals surface area contributed by atoms with E-state index in [1.54, 1.807) is 0 Å². The zero-order valence-corrected chi connectivity index (χ0v) is 17.7. The van der Waals surface area contributed by atoms with Crippen molar-refractivity contribution in [3.05, 3.63) is 0 Å². The number of rotatable bonds is 5. The summed E-state index contributed by atoms with van der Waals surface area (Å²) in [6.45, 7) is 11.0. The van der Waals surface area contributed by atoms with Crippen LogP contribution in [0.4, 0.5) is 0 Å². The van der Waals surface area contributed by atoms with Crippen LogP contribution in [0.5, 0.6) is 0 Å². The molecule has 0 aromatic heterocycles. The van der Waals surface area contributed by atoms with E-state index in [0.29, 0.717) is 19.5 Å². The van der Waals surface area contributed by atoms with E-state index < -0.39 is 11.6 Å². The predicted octanol–water partition coefficient (Wildman–Crippen LogP) is -2.38. The molecule has 10 nitrogen and oxygen atoms in total. The molecular formula is C19H39N7O3. The van der Waals surface area contributed by atoms with Crippen molar-refractivity contribution in [1.29, 1.82) is 0 Å². The first-order chi connectivity index (χ1) is 13.9. The van der Waals surface area contributed by atoms with Crippen molar-refractivity contribution < 1.29 is 14.7 Å². The summed E-state index contributed by atoms with van der Waals surface area (Å²) in [6, 6.07) is 0. The topological polar surface area (TPSA) is 139 Å². The van der Waals surface area contributed by atoms with Gasteiger partial charge in [0, 0.05) is 90.2 Å². The first-order valence-electron chi connectivity index (χ1n) is 10.7. The molecule has 2 aliphatic heterocycles. The average molecular weight is 414 g/mol. The van der Waals surface area contributed by atoms with E-state index in [2.05, 4.69) is 44.1 Å². The third-order valence-corrected chi connectivity index (χ3v) is 5.40. The van der Waals surface area contributed by atoms with Crippen LogP contribution in [0.25, 0.3) is 0 Å². The van der Waals surface area contributed by atoms with Crippen LogP contribution in [0.3, 0.4) is 0 Å². The van der Waals surface area contributed by atoms with Crippen LogP contribution in [0.2, 0.25) is 0 Å². The van der Waals surface area contributed by atoms with Gasteiger partial charge in [-0.3, -0.25) is 14.9 Å². The molecule has 0 saturated carbocycles. The zero-order valence-electron chi connectivity index (χ0n) is 17.7. The Labute approximate surface area is 173 Å². The maximum atomic E-state index is 12.5. The minimum Gasteiger partial charge on any atom is -0.481 e. The lowest BCUT2D eigenvalue weighted by molar-refractivity contribution is -0.137. The quantitative estimate of drug-likeness (QED) is 0.248. The lowest BCUT2D eigenvalue weighted by Gasteiger charge is -2.37. The summed E-state index contributed by atoms with van der Waals surface area (Å²) in [5, 5.41) is 33.0. The summed E-state index contributed by atoms with van der Waals surface area (Å²) in [5.41, 5.74) is -0.509. The lowest BCUT2D eigenvalue weighted by Crippen LogP contribution is -2.69. The molecule has 0 aromatic carbocycles.